The number of aliphatic imine (C=N–C) groups is 1. The maximum atomic E-state index is 4.67. The Morgan fingerprint density at radius 2 is 2.20 bits per heavy atom. The zero-order chi connectivity index (χ0) is 14.8. The minimum Gasteiger partial charge on any atom is -0.357 e. The predicted molar refractivity (Wildman–Crippen MR) is 89.9 cm³/mol. The summed E-state index contributed by atoms with van der Waals surface area (Å²) in [6, 6.07) is 2.18. The number of thiophene rings is 1. The van der Waals surface area contributed by atoms with Crippen molar-refractivity contribution in [3.63, 3.8) is 0 Å². The molecule has 1 unspecified atom stereocenters. The third kappa shape index (κ3) is 6.91. The molecular formula is C15H28N4S. The van der Waals surface area contributed by atoms with E-state index in [1.807, 2.05) is 0 Å². The summed E-state index contributed by atoms with van der Waals surface area (Å²) in [6.45, 7) is 8.08. The molecule has 0 bridgehead atoms. The number of nitrogens with zero attached hydrogens (tertiary/aromatic N) is 2. The van der Waals surface area contributed by atoms with Crippen molar-refractivity contribution in [2.75, 3.05) is 40.3 Å². The van der Waals surface area contributed by atoms with E-state index in [-0.39, 0.29) is 0 Å². The highest BCUT2D eigenvalue weighted by atomic mass is 32.1. The lowest BCUT2D eigenvalue weighted by Gasteiger charge is -2.14. The van der Waals surface area contributed by atoms with Gasteiger partial charge in [-0.1, -0.05) is 6.92 Å². The van der Waals surface area contributed by atoms with E-state index in [0.717, 1.165) is 38.6 Å². The van der Waals surface area contributed by atoms with Gasteiger partial charge in [-0.2, -0.15) is 11.3 Å². The quantitative estimate of drug-likeness (QED) is 0.439. The lowest BCUT2D eigenvalue weighted by molar-refractivity contribution is 0.399. The standard InChI is InChI=1S/C15H28N4S/c1-5-16-15(17-8-6-9-19(3)4)18-11-13(2)14-7-10-20-12-14/h7,10,12-13H,5-6,8-9,11H2,1-4H3,(H2,16,17,18). The van der Waals surface area contributed by atoms with Crippen LogP contribution >= 0.6 is 11.3 Å². The van der Waals surface area contributed by atoms with Crippen LogP contribution in [-0.2, 0) is 0 Å². The molecule has 1 aromatic rings. The first-order chi connectivity index (χ1) is 9.63. The summed E-state index contributed by atoms with van der Waals surface area (Å²) in [6.07, 6.45) is 1.12. The average molecular weight is 296 g/mol. The second-order valence-electron chi connectivity index (χ2n) is 5.26. The molecule has 0 radical (unpaired) electrons. The minimum absolute atomic E-state index is 0.471. The van der Waals surface area contributed by atoms with Gasteiger partial charge in [0.15, 0.2) is 5.96 Å². The van der Waals surface area contributed by atoms with Crippen LogP contribution in [0.3, 0.4) is 0 Å². The smallest absolute Gasteiger partial charge is 0.191 e. The van der Waals surface area contributed by atoms with E-state index in [9.17, 15) is 0 Å². The van der Waals surface area contributed by atoms with Gasteiger partial charge in [0.25, 0.3) is 0 Å². The highest BCUT2D eigenvalue weighted by Crippen LogP contribution is 2.18. The van der Waals surface area contributed by atoms with Crippen LogP contribution in [0.25, 0.3) is 0 Å². The summed E-state index contributed by atoms with van der Waals surface area (Å²) in [7, 11) is 4.20. The molecule has 114 valence electrons. The molecule has 0 aliphatic heterocycles. The van der Waals surface area contributed by atoms with Crippen molar-refractivity contribution in [2.24, 2.45) is 4.99 Å². The Labute approximate surface area is 127 Å². The van der Waals surface area contributed by atoms with E-state index >= 15 is 0 Å². The lowest BCUT2D eigenvalue weighted by atomic mass is 10.1. The fraction of sp³-hybridized carbons (Fsp3) is 0.667. The van der Waals surface area contributed by atoms with Crippen molar-refractivity contribution >= 4 is 17.3 Å². The molecule has 1 aromatic heterocycles. The van der Waals surface area contributed by atoms with Gasteiger partial charge >= 0.3 is 0 Å². The zero-order valence-corrected chi connectivity index (χ0v) is 14.0. The van der Waals surface area contributed by atoms with E-state index in [1.165, 1.54) is 5.56 Å². The van der Waals surface area contributed by atoms with Gasteiger partial charge in [-0.15, -0.1) is 0 Å². The second-order valence-corrected chi connectivity index (χ2v) is 6.04. The summed E-state index contributed by atoms with van der Waals surface area (Å²) in [5, 5.41) is 11.0. The molecule has 0 aliphatic carbocycles. The van der Waals surface area contributed by atoms with Gasteiger partial charge in [0.1, 0.15) is 0 Å². The third-order valence-corrected chi connectivity index (χ3v) is 3.76. The van der Waals surface area contributed by atoms with Crippen LogP contribution < -0.4 is 10.6 Å². The summed E-state index contributed by atoms with van der Waals surface area (Å²) in [4.78, 5) is 6.87. The molecule has 0 saturated heterocycles. The summed E-state index contributed by atoms with van der Waals surface area (Å²) in [5.41, 5.74) is 1.38. The molecule has 0 amide bonds. The van der Waals surface area contributed by atoms with E-state index in [0.29, 0.717) is 5.92 Å². The van der Waals surface area contributed by atoms with E-state index < -0.39 is 0 Å². The molecule has 0 aromatic carbocycles. The maximum Gasteiger partial charge on any atom is 0.191 e. The van der Waals surface area contributed by atoms with Gasteiger partial charge in [-0.05, 0) is 56.4 Å². The first-order valence-electron chi connectivity index (χ1n) is 7.32. The van der Waals surface area contributed by atoms with Crippen LogP contribution in [-0.4, -0.2) is 51.1 Å². The molecule has 2 N–H and O–H groups in total. The lowest BCUT2D eigenvalue weighted by Crippen LogP contribution is -2.38. The van der Waals surface area contributed by atoms with Crippen LogP contribution in [0.4, 0.5) is 0 Å². The van der Waals surface area contributed by atoms with Crippen LogP contribution in [0.1, 0.15) is 31.7 Å². The Hall–Kier alpha value is -1.07. The zero-order valence-electron chi connectivity index (χ0n) is 13.1. The van der Waals surface area contributed by atoms with Crippen molar-refractivity contribution < 1.29 is 0 Å². The molecule has 20 heavy (non-hydrogen) atoms. The van der Waals surface area contributed by atoms with Crippen molar-refractivity contribution in [2.45, 2.75) is 26.2 Å². The first-order valence-corrected chi connectivity index (χ1v) is 8.26. The van der Waals surface area contributed by atoms with Gasteiger partial charge < -0.3 is 15.5 Å². The van der Waals surface area contributed by atoms with Crippen LogP contribution in [0.15, 0.2) is 21.8 Å². The van der Waals surface area contributed by atoms with E-state index in [4.69, 9.17) is 0 Å². The molecule has 4 nitrogen and oxygen atoms in total. The third-order valence-electron chi connectivity index (χ3n) is 3.05. The van der Waals surface area contributed by atoms with Gasteiger partial charge in [-0.3, -0.25) is 4.99 Å². The maximum absolute atomic E-state index is 4.67. The molecule has 1 rings (SSSR count). The molecule has 0 fully saturated rings. The van der Waals surface area contributed by atoms with Crippen LogP contribution in [0, 0.1) is 0 Å². The first kappa shape index (κ1) is 17.0. The Bertz CT molecular complexity index is 373. The Balaban J connectivity index is 2.37. The highest BCUT2D eigenvalue weighted by Gasteiger charge is 2.05. The Morgan fingerprint density at radius 1 is 1.40 bits per heavy atom. The number of hydrogen-bond donors (Lipinski definition) is 2. The predicted octanol–water partition coefficient (Wildman–Crippen LogP) is 2.36. The molecule has 0 spiro atoms. The van der Waals surface area contributed by atoms with Crippen molar-refractivity contribution in [1.82, 2.24) is 15.5 Å². The molecule has 5 heteroatoms. The molecule has 0 saturated carbocycles. The fourth-order valence-electron chi connectivity index (χ4n) is 1.83. The van der Waals surface area contributed by atoms with Crippen LogP contribution in [0.5, 0.6) is 0 Å². The number of nitrogens with one attached hydrogen (secondary N) is 2. The van der Waals surface area contributed by atoms with E-state index in [2.05, 4.69) is 65.3 Å². The van der Waals surface area contributed by atoms with Crippen molar-refractivity contribution in [3.8, 4) is 0 Å². The fourth-order valence-corrected chi connectivity index (χ4v) is 2.62. The SMILES string of the molecule is CCNC(=NCC(C)c1ccsc1)NCCCN(C)C. The van der Waals surface area contributed by atoms with Gasteiger partial charge in [0, 0.05) is 25.6 Å². The van der Waals surface area contributed by atoms with Gasteiger partial charge in [0.2, 0.25) is 0 Å². The molecule has 0 aliphatic rings. The normalized spacial score (nSPS) is 13.6. The molecule has 1 atom stereocenters. The van der Waals surface area contributed by atoms with Gasteiger partial charge in [0.05, 0.1) is 0 Å². The van der Waals surface area contributed by atoms with Crippen LogP contribution in [0.2, 0.25) is 0 Å². The molecule has 1 heterocycles. The molecular weight excluding hydrogens is 268 g/mol. The minimum atomic E-state index is 0.471. The topological polar surface area (TPSA) is 39.7 Å². The average Bonchev–Trinajstić information content (AvgIpc) is 2.94. The highest BCUT2D eigenvalue weighted by molar-refractivity contribution is 7.07. The number of guanidine groups is 1. The number of hydrogen-bond acceptors (Lipinski definition) is 3. The van der Waals surface area contributed by atoms with Crippen molar-refractivity contribution in [1.29, 1.82) is 0 Å². The summed E-state index contributed by atoms with van der Waals surface area (Å²) < 4.78 is 0. The number of rotatable bonds is 8. The second kappa shape index (κ2) is 9.77. The van der Waals surface area contributed by atoms with Crippen molar-refractivity contribution in [3.05, 3.63) is 22.4 Å². The monoisotopic (exact) mass is 296 g/mol. The Kier molecular flexibility index (Phi) is 8.30. The Morgan fingerprint density at radius 3 is 2.80 bits per heavy atom. The largest absolute Gasteiger partial charge is 0.357 e. The summed E-state index contributed by atoms with van der Waals surface area (Å²) >= 11 is 1.75. The van der Waals surface area contributed by atoms with E-state index in [1.54, 1.807) is 11.3 Å². The summed E-state index contributed by atoms with van der Waals surface area (Å²) in [5.74, 6) is 1.40. The van der Waals surface area contributed by atoms with Gasteiger partial charge in [-0.25, -0.2) is 0 Å².